The van der Waals surface area contributed by atoms with E-state index in [0.717, 1.165) is 25.3 Å². The van der Waals surface area contributed by atoms with Gasteiger partial charge in [0, 0.05) is 12.2 Å². The van der Waals surface area contributed by atoms with E-state index in [2.05, 4.69) is 36.2 Å². The molecule has 0 aliphatic carbocycles. The first-order valence-corrected chi connectivity index (χ1v) is 5.79. The minimum Gasteiger partial charge on any atom is -0.385 e. The minimum absolute atomic E-state index is 1.04. The zero-order valence-electron chi connectivity index (χ0n) is 9.79. The SMILES string of the molecule is CCN(CC)CCCNc1c[c]ccc1. The Kier molecular flexibility index (Phi) is 5.86. The molecule has 83 valence electrons. The molecule has 0 saturated carbocycles. The van der Waals surface area contributed by atoms with Crippen molar-refractivity contribution in [3.63, 3.8) is 0 Å². The third-order valence-electron chi connectivity index (χ3n) is 2.58. The molecule has 0 aliphatic heterocycles. The van der Waals surface area contributed by atoms with Gasteiger partial charge in [-0.25, -0.2) is 0 Å². The average Bonchev–Trinajstić information content (AvgIpc) is 2.31. The fourth-order valence-corrected chi connectivity index (χ4v) is 1.58. The van der Waals surface area contributed by atoms with Crippen LogP contribution in [0.15, 0.2) is 24.3 Å². The molecule has 0 atom stereocenters. The topological polar surface area (TPSA) is 15.3 Å². The second-order valence-electron chi connectivity index (χ2n) is 3.60. The molecule has 0 fully saturated rings. The highest BCUT2D eigenvalue weighted by molar-refractivity contribution is 5.41. The van der Waals surface area contributed by atoms with Crippen LogP contribution in [-0.4, -0.2) is 31.1 Å². The molecule has 0 aromatic heterocycles. The minimum atomic E-state index is 1.04. The first-order chi connectivity index (χ1) is 7.36. The molecule has 2 heteroatoms. The Labute approximate surface area is 93.3 Å². The molecule has 2 nitrogen and oxygen atoms in total. The standard InChI is InChI=1S/C13H21N2/c1-3-15(4-2)12-8-11-14-13-9-6-5-7-10-13/h5-6,9-10,14H,3-4,8,11-12H2,1-2H3. The molecule has 0 heterocycles. The van der Waals surface area contributed by atoms with Crippen LogP contribution in [-0.2, 0) is 0 Å². The predicted octanol–water partition coefficient (Wildman–Crippen LogP) is 2.63. The number of rotatable bonds is 7. The molecule has 0 bridgehead atoms. The summed E-state index contributed by atoms with van der Waals surface area (Å²) in [6.45, 7) is 8.93. The van der Waals surface area contributed by atoms with Gasteiger partial charge in [-0.3, -0.25) is 0 Å². The monoisotopic (exact) mass is 205 g/mol. The van der Waals surface area contributed by atoms with E-state index >= 15 is 0 Å². The fourth-order valence-electron chi connectivity index (χ4n) is 1.58. The number of anilines is 1. The summed E-state index contributed by atoms with van der Waals surface area (Å²) in [6, 6.07) is 11.0. The average molecular weight is 205 g/mol. The molecule has 1 radical (unpaired) electrons. The summed E-state index contributed by atoms with van der Waals surface area (Å²) in [5, 5.41) is 3.39. The molecule has 1 aromatic carbocycles. The van der Waals surface area contributed by atoms with Crippen molar-refractivity contribution in [2.45, 2.75) is 20.3 Å². The van der Waals surface area contributed by atoms with Crippen molar-refractivity contribution in [1.29, 1.82) is 0 Å². The van der Waals surface area contributed by atoms with E-state index in [4.69, 9.17) is 0 Å². The maximum atomic E-state index is 3.39. The predicted molar refractivity (Wildman–Crippen MR) is 66.2 cm³/mol. The van der Waals surface area contributed by atoms with E-state index in [1.54, 1.807) is 0 Å². The Morgan fingerprint density at radius 3 is 2.73 bits per heavy atom. The van der Waals surface area contributed by atoms with Crippen LogP contribution >= 0.6 is 0 Å². The van der Waals surface area contributed by atoms with Crippen LogP contribution in [0.3, 0.4) is 0 Å². The highest BCUT2D eigenvalue weighted by Gasteiger charge is 1.97. The highest BCUT2D eigenvalue weighted by Crippen LogP contribution is 2.04. The van der Waals surface area contributed by atoms with Gasteiger partial charge in [-0.15, -0.1) is 0 Å². The third-order valence-corrected chi connectivity index (χ3v) is 2.58. The highest BCUT2D eigenvalue weighted by atomic mass is 15.1. The number of nitrogens with one attached hydrogen (secondary N) is 1. The lowest BCUT2D eigenvalue weighted by atomic mass is 10.3. The molecule has 1 rings (SSSR count). The van der Waals surface area contributed by atoms with E-state index < -0.39 is 0 Å². The first-order valence-electron chi connectivity index (χ1n) is 5.79. The summed E-state index contributed by atoms with van der Waals surface area (Å²) < 4.78 is 0. The summed E-state index contributed by atoms with van der Waals surface area (Å²) in [7, 11) is 0. The van der Waals surface area contributed by atoms with Gasteiger partial charge >= 0.3 is 0 Å². The van der Waals surface area contributed by atoms with Gasteiger partial charge in [0.2, 0.25) is 0 Å². The lowest BCUT2D eigenvalue weighted by Gasteiger charge is -2.17. The Bertz CT molecular complexity index is 242. The molecule has 0 aliphatic rings. The van der Waals surface area contributed by atoms with Crippen LogP contribution in [0.2, 0.25) is 0 Å². The summed E-state index contributed by atoms with van der Waals surface area (Å²) in [5.41, 5.74) is 1.16. The van der Waals surface area contributed by atoms with Crippen LogP contribution in [0.4, 0.5) is 5.69 Å². The van der Waals surface area contributed by atoms with Crippen LogP contribution in [0.1, 0.15) is 20.3 Å². The van der Waals surface area contributed by atoms with Crippen molar-refractivity contribution in [2.75, 3.05) is 31.5 Å². The molecule has 15 heavy (non-hydrogen) atoms. The van der Waals surface area contributed by atoms with Crippen molar-refractivity contribution in [3.8, 4) is 0 Å². The van der Waals surface area contributed by atoms with Gasteiger partial charge in [-0.05, 0) is 44.3 Å². The molecule has 0 spiro atoms. The summed E-state index contributed by atoms with van der Waals surface area (Å²) >= 11 is 0. The number of hydrogen-bond acceptors (Lipinski definition) is 2. The molecule has 1 N–H and O–H groups in total. The van der Waals surface area contributed by atoms with Gasteiger partial charge in [-0.2, -0.15) is 0 Å². The largest absolute Gasteiger partial charge is 0.385 e. The Hall–Kier alpha value is -1.02. The van der Waals surface area contributed by atoms with Crippen molar-refractivity contribution in [1.82, 2.24) is 4.90 Å². The first kappa shape index (κ1) is 12.1. The lowest BCUT2D eigenvalue weighted by molar-refractivity contribution is 0.303. The number of nitrogens with zero attached hydrogens (tertiary/aromatic N) is 1. The van der Waals surface area contributed by atoms with Crippen LogP contribution in [0.5, 0.6) is 0 Å². The molecular weight excluding hydrogens is 184 g/mol. The van der Waals surface area contributed by atoms with Gasteiger partial charge in [-0.1, -0.05) is 26.0 Å². The van der Waals surface area contributed by atoms with Crippen LogP contribution in [0.25, 0.3) is 0 Å². The smallest absolute Gasteiger partial charge is 0.0346 e. The van der Waals surface area contributed by atoms with Crippen molar-refractivity contribution < 1.29 is 0 Å². The van der Waals surface area contributed by atoms with E-state index in [1.807, 2.05) is 18.2 Å². The number of hydrogen-bond donors (Lipinski definition) is 1. The van der Waals surface area contributed by atoms with Crippen molar-refractivity contribution in [3.05, 3.63) is 30.3 Å². The van der Waals surface area contributed by atoms with Crippen LogP contribution < -0.4 is 5.32 Å². The molecule has 0 saturated heterocycles. The van der Waals surface area contributed by atoms with E-state index in [0.29, 0.717) is 0 Å². The normalized spacial score (nSPS) is 10.6. The lowest BCUT2D eigenvalue weighted by Crippen LogP contribution is -2.25. The summed E-state index contributed by atoms with van der Waals surface area (Å²) in [6.07, 6.45) is 1.19. The maximum Gasteiger partial charge on any atom is 0.0346 e. The quantitative estimate of drug-likeness (QED) is 0.688. The van der Waals surface area contributed by atoms with Crippen LogP contribution in [0, 0.1) is 6.07 Å². The Morgan fingerprint density at radius 2 is 2.13 bits per heavy atom. The Balaban J connectivity index is 2.12. The van der Waals surface area contributed by atoms with Gasteiger partial charge < -0.3 is 10.2 Å². The molecule has 0 amide bonds. The summed E-state index contributed by atoms with van der Waals surface area (Å²) in [5.74, 6) is 0. The van der Waals surface area contributed by atoms with Gasteiger partial charge in [0.15, 0.2) is 0 Å². The molecule has 0 unspecified atom stereocenters. The second kappa shape index (κ2) is 7.30. The summed E-state index contributed by atoms with van der Waals surface area (Å²) in [4.78, 5) is 2.44. The van der Waals surface area contributed by atoms with E-state index in [9.17, 15) is 0 Å². The van der Waals surface area contributed by atoms with Gasteiger partial charge in [0.1, 0.15) is 0 Å². The zero-order valence-corrected chi connectivity index (χ0v) is 9.79. The van der Waals surface area contributed by atoms with Crippen molar-refractivity contribution >= 4 is 5.69 Å². The third kappa shape index (κ3) is 4.84. The van der Waals surface area contributed by atoms with Crippen molar-refractivity contribution in [2.24, 2.45) is 0 Å². The fraction of sp³-hybridized carbons (Fsp3) is 0.538. The number of benzene rings is 1. The molecule has 1 aromatic rings. The maximum absolute atomic E-state index is 3.39. The van der Waals surface area contributed by atoms with Gasteiger partial charge in [0.25, 0.3) is 0 Å². The van der Waals surface area contributed by atoms with Gasteiger partial charge in [0.05, 0.1) is 0 Å². The zero-order chi connectivity index (χ0) is 10.9. The second-order valence-corrected chi connectivity index (χ2v) is 3.60. The Morgan fingerprint density at radius 1 is 1.33 bits per heavy atom. The van der Waals surface area contributed by atoms with E-state index in [1.165, 1.54) is 13.0 Å². The van der Waals surface area contributed by atoms with E-state index in [-0.39, 0.29) is 0 Å². The molecular formula is C13H21N2.